The first-order chi connectivity index (χ1) is 31.4. The number of phenols is 15. The number of benzene rings is 5. The van der Waals surface area contributed by atoms with Crippen molar-refractivity contribution in [3.8, 4) is 86.2 Å². The fourth-order valence-corrected chi connectivity index (χ4v) is 5.68. The molecule has 5 rings (SSSR count). The van der Waals surface area contributed by atoms with Crippen molar-refractivity contribution in [3.63, 3.8) is 0 Å². The molecule has 352 valence electrons. The highest BCUT2D eigenvalue weighted by atomic mass is 16.6. The predicted molar refractivity (Wildman–Crippen MR) is 210 cm³/mol. The molecule has 0 saturated heterocycles. The molecule has 0 heterocycles. The van der Waals surface area contributed by atoms with Crippen LogP contribution in [0, 0.1) is 0 Å². The van der Waals surface area contributed by atoms with Crippen molar-refractivity contribution < 1.29 is 129 Å². The van der Waals surface area contributed by atoms with Crippen molar-refractivity contribution in [2.45, 2.75) is 24.4 Å². The Morgan fingerprint density at radius 3 is 0.881 bits per heavy atom. The molecule has 0 saturated carbocycles. The summed E-state index contributed by atoms with van der Waals surface area (Å²) in [6.07, 6.45) is -11.3. The molecular weight excluding hydrogens is 908 g/mol. The first-order valence-corrected chi connectivity index (χ1v) is 18.1. The Labute approximate surface area is 370 Å². The van der Waals surface area contributed by atoms with Gasteiger partial charge in [-0.1, -0.05) is 0 Å². The van der Waals surface area contributed by atoms with Gasteiger partial charge in [-0.05, 0) is 60.7 Å². The minimum Gasteiger partial charge on any atom is -0.504 e. The molecule has 0 amide bonds. The molecule has 0 aliphatic heterocycles. The van der Waals surface area contributed by atoms with Crippen LogP contribution in [0.1, 0.15) is 51.8 Å². The van der Waals surface area contributed by atoms with Crippen LogP contribution >= 0.6 is 0 Å². The van der Waals surface area contributed by atoms with Crippen molar-refractivity contribution in [2.24, 2.45) is 0 Å². The van der Waals surface area contributed by atoms with E-state index in [9.17, 15) is 105 Å². The summed E-state index contributed by atoms with van der Waals surface area (Å²) >= 11 is 0. The van der Waals surface area contributed by atoms with Crippen molar-refractivity contribution in [1.29, 1.82) is 0 Å². The fourth-order valence-electron chi connectivity index (χ4n) is 5.68. The van der Waals surface area contributed by atoms with Gasteiger partial charge in [-0.25, -0.2) is 24.0 Å². The summed E-state index contributed by atoms with van der Waals surface area (Å²) in [4.78, 5) is 81.3. The van der Waals surface area contributed by atoms with Crippen LogP contribution in [0.15, 0.2) is 60.7 Å². The molecule has 0 spiro atoms. The summed E-state index contributed by atoms with van der Waals surface area (Å²) in [6, 6.07) is 4.93. The van der Waals surface area contributed by atoms with Gasteiger partial charge in [0.25, 0.3) is 0 Å². The summed E-state index contributed by atoms with van der Waals surface area (Å²) in [5.74, 6) is -25.8. The summed E-state index contributed by atoms with van der Waals surface area (Å²) < 4.78 is 26.7. The van der Waals surface area contributed by atoms with Gasteiger partial charge in [-0.2, -0.15) is 0 Å². The van der Waals surface area contributed by atoms with E-state index in [-0.39, 0.29) is 6.29 Å². The van der Waals surface area contributed by atoms with Gasteiger partial charge in [0.2, 0.25) is 0 Å². The summed E-state index contributed by atoms with van der Waals surface area (Å²) in [6.45, 7) is -1.51. The van der Waals surface area contributed by atoms with Gasteiger partial charge in [0.1, 0.15) is 6.61 Å². The Balaban J connectivity index is 1.74. The first kappa shape index (κ1) is 48.2. The quantitative estimate of drug-likeness (QED) is 0.0306. The summed E-state index contributed by atoms with van der Waals surface area (Å²) in [5, 5.41) is 150. The highest BCUT2D eigenvalue weighted by molar-refractivity contribution is 5.95. The number of esters is 5. The number of aldehydes is 1. The number of ether oxygens (including phenoxy) is 5. The molecule has 15 N–H and O–H groups in total. The van der Waals surface area contributed by atoms with Crippen LogP contribution in [0.3, 0.4) is 0 Å². The van der Waals surface area contributed by atoms with Crippen molar-refractivity contribution in [3.05, 3.63) is 88.5 Å². The standard InChI is InChI=1S/C41H32O26/c42-11-28(64-38(59)14-3-20(45)31(54)21(46)4-14)35(66-40(61)16-7-24(49)33(56)25(50)8-16)36(67-41(62)17-9-26(51)34(57)27(52)10-17)29(65-39(60)15-5-22(47)32(55)23(48)6-15)12-63-37(58)13-1-18(43)30(53)19(44)2-13/h1-11,28-29,35-36,43-57H,12H2. The van der Waals surface area contributed by atoms with Gasteiger partial charge in [-0.15, -0.1) is 0 Å². The molecule has 26 nitrogen and oxygen atoms in total. The maximum absolute atomic E-state index is 13.9. The van der Waals surface area contributed by atoms with Gasteiger partial charge in [0, 0.05) is 0 Å². The molecule has 5 aromatic carbocycles. The molecule has 26 heteroatoms. The molecule has 0 aliphatic rings. The molecule has 67 heavy (non-hydrogen) atoms. The van der Waals surface area contributed by atoms with Crippen molar-refractivity contribution in [1.82, 2.24) is 0 Å². The molecule has 0 fully saturated rings. The zero-order valence-corrected chi connectivity index (χ0v) is 33.1. The monoisotopic (exact) mass is 940 g/mol. The second kappa shape index (κ2) is 19.2. The number of hydrogen-bond acceptors (Lipinski definition) is 26. The Bertz CT molecular complexity index is 2700. The van der Waals surface area contributed by atoms with E-state index >= 15 is 0 Å². The normalized spacial score (nSPS) is 12.7. The largest absolute Gasteiger partial charge is 0.504 e. The van der Waals surface area contributed by atoms with Gasteiger partial charge < -0.3 is 100 Å². The topological polar surface area (TPSA) is 452 Å². The maximum Gasteiger partial charge on any atom is 0.339 e. The third-order valence-electron chi connectivity index (χ3n) is 9.04. The molecular formula is C41H32O26. The number of carbonyl (C=O) groups excluding carboxylic acids is 6. The molecule has 4 unspecified atom stereocenters. The van der Waals surface area contributed by atoms with Crippen LogP contribution in [0.5, 0.6) is 86.2 Å². The average molecular weight is 941 g/mol. The number of hydrogen-bond donors (Lipinski definition) is 15. The van der Waals surface area contributed by atoms with Gasteiger partial charge in [0.15, 0.2) is 117 Å². The summed E-state index contributed by atoms with van der Waals surface area (Å²) in [7, 11) is 0. The van der Waals surface area contributed by atoms with Crippen LogP contribution in [-0.4, -0.2) is 144 Å². The third-order valence-corrected chi connectivity index (χ3v) is 9.04. The van der Waals surface area contributed by atoms with Crippen LogP contribution in [0.4, 0.5) is 0 Å². The number of aromatic hydroxyl groups is 15. The van der Waals surface area contributed by atoms with E-state index in [0.29, 0.717) is 60.7 Å². The zero-order chi connectivity index (χ0) is 49.8. The van der Waals surface area contributed by atoms with Crippen LogP contribution in [-0.2, 0) is 28.5 Å². The first-order valence-electron chi connectivity index (χ1n) is 18.1. The molecule has 0 bridgehead atoms. The van der Waals surface area contributed by atoms with E-state index in [0.717, 1.165) is 0 Å². The van der Waals surface area contributed by atoms with Crippen LogP contribution < -0.4 is 0 Å². The number of rotatable bonds is 15. The summed E-state index contributed by atoms with van der Waals surface area (Å²) in [5.41, 5.74) is -4.32. The maximum atomic E-state index is 13.9. The minimum absolute atomic E-state index is 0.344. The van der Waals surface area contributed by atoms with E-state index < -0.39 is 175 Å². The fraction of sp³-hybridized carbons (Fsp3) is 0.122. The Hall–Kier alpha value is -9.88. The van der Waals surface area contributed by atoms with Crippen molar-refractivity contribution >= 4 is 36.1 Å². The van der Waals surface area contributed by atoms with Gasteiger partial charge >= 0.3 is 29.8 Å². The second-order valence-electron chi connectivity index (χ2n) is 13.6. The minimum atomic E-state index is -2.82. The van der Waals surface area contributed by atoms with Crippen molar-refractivity contribution in [2.75, 3.05) is 6.61 Å². The number of carbonyl (C=O) groups is 6. The lowest BCUT2D eigenvalue weighted by atomic mass is 10.0. The van der Waals surface area contributed by atoms with Crippen LogP contribution in [0.2, 0.25) is 0 Å². The highest BCUT2D eigenvalue weighted by Crippen LogP contribution is 2.40. The van der Waals surface area contributed by atoms with E-state index in [1.165, 1.54) is 0 Å². The average Bonchev–Trinajstić information content (AvgIpc) is 3.27. The molecule has 4 atom stereocenters. The Morgan fingerprint density at radius 1 is 0.358 bits per heavy atom. The highest BCUT2D eigenvalue weighted by Gasteiger charge is 2.46. The van der Waals surface area contributed by atoms with E-state index in [4.69, 9.17) is 23.7 Å². The lowest BCUT2D eigenvalue weighted by Crippen LogP contribution is -2.54. The number of phenolic OH excluding ortho intramolecular Hbond substituents is 15. The lowest BCUT2D eigenvalue weighted by Gasteiger charge is -2.34. The second-order valence-corrected chi connectivity index (χ2v) is 13.6. The molecule has 5 aromatic rings. The Morgan fingerprint density at radius 2 is 0.597 bits per heavy atom. The lowest BCUT2D eigenvalue weighted by molar-refractivity contribution is -0.143. The SMILES string of the molecule is O=CC(OC(=O)c1cc(O)c(O)c(O)c1)C(OC(=O)c1cc(O)c(O)c(O)c1)C(OC(=O)c1cc(O)c(O)c(O)c1)C(COC(=O)c1cc(O)c(O)c(O)c1)OC(=O)c1cc(O)c(O)c(O)c1. The molecule has 0 aromatic heterocycles. The zero-order valence-electron chi connectivity index (χ0n) is 33.1. The van der Waals surface area contributed by atoms with E-state index in [1.54, 1.807) is 0 Å². The Kier molecular flexibility index (Phi) is 13.8. The van der Waals surface area contributed by atoms with E-state index in [1.807, 2.05) is 0 Å². The predicted octanol–water partition coefficient (Wildman–Crippen LogP) is 1.53. The third kappa shape index (κ3) is 10.5. The molecule has 0 aliphatic carbocycles. The molecule has 0 radical (unpaired) electrons. The van der Waals surface area contributed by atoms with Crippen LogP contribution in [0.25, 0.3) is 0 Å². The van der Waals surface area contributed by atoms with E-state index in [2.05, 4.69) is 0 Å². The van der Waals surface area contributed by atoms with Gasteiger partial charge in [0.05, 0.1) is 27.8 Å². The smallest absolute Gasteiger partial charge is 0.339 e. The van der Waals surface area contributed by atoms with Gasteiger partial charge in [-0.3, -0.25) is 4.79 Å².